The highest BCUT2D eigenvalue weighted by atomic mass is 16.3. The Bertz CT molecular complexity index is 155. The fraction of sp³-hybridized carbons (Fsp3) is 0.875. The summed E-state index contributed by atoms with van der Waals surface area (Å²) in [7, 11) is 0. The van der Waals surface area contributed by atoms with Gasteiger partial charge >= 0.3 is 0 Å². The first-order valence-electron chi connectivity index (χ1n) is 4.36. The van der Waals surface area contributed by atoms with Gasteiger partial charge in [-0.1, -0.05) is 0 Å². The first-order chi connectivity index (χ1) is 5.74. The quantitative estimate of drug-likeness (QED) is 0.516. The van der Waals surface area contributed by atoms with Gasteiger partial charge in [0.25, 0.3) is 0 Å². The maximum absolute atomic E-state index is 11.4. The fourth-order valence-electron chi connectivity index (χ4n) is 1.28. The first kappa shape index (κ1) is 9.48. The van der Waals surface area contributed by atoms with E-state index in [0.717, 1.165) is 19.5 Å². The van der Waals surface area contributed by atoms with Crippen molar-refractivity contribution in [2.75, 3.05) is 19.7 Å². The molecule has 1 fully saturated rings. The molecule has 0 spiro atoms. The summed E-state index contributed by atoms with van der Waals surface area (Å²) in [6, 6.07) is -0.127. The molecule has 4 nitrogen and oxygen atoms in total. The smallest absolute Gasteiger partial charge is 0.224 e. The van der Waals surface area contributed by atoms with Gasteiger partial charge < -0.3 is 15.7 Å². The van der Waals surface area contributed by atoms with Gasteiger partial charge in [-0.3, -0.25) is 4.79 Å². The van der Waals surface area contributed by atoms with Crippen LogP contribution in [0.5, 0.6) is 0 Å². The van der Waals surface area contributed by atoms with Gasteiger partial charge in [-0.25, -0.2) is 0 Å². The zero-order chi connectivity index (χ0) is 8.97. The molecule has 0 aromatic heterocycles. The number of hydrogen-bond donors (Lipinski definition) is 3. The molecule has 1 aliphatic rings. The van der Waals surface area contributed by atoms with Gasteiger partial charge in [0.1, 0.15) is 0 Å². The molecule has 12 heavy (non-hydrogen) atoms. The van der Waals surface area contributed by atoms with Crippen molar-refractivity contribution in [3.63, 3.8) is 0 Å². The lowest BCUT2D eigenvalue weighted by Gasteiger charge is -2.13. The van der Waals surface area contributed by atoms with Crippen LogP contribution in [-0.4, -0.2) is 36.8 Å². The molecule has 2 unspecified atom stereocenters. The van der Waals surface area contributed by atoms with E-state index in [1.165, 1.54) is 0 Å². The lowest BCUT2D eigenvalue weighted by Crippen LogP contribution is -2.39. The number of carbonyl (C=O) groups is 1. The van der Waals surface area contributed by atoms with Crippen LogP contribution in [0.2, 0.25) is 0 Å². The molecule has 0 radical (unpaired) electrons. The second-order valence-electron chi connectivity index (χ2n) is 3.28. The Morgan fingerprint density at radius 1 is 1.83 bits per heavy atom. The van der Waals surface area contributed by atoms with Crippen molar-refractivity contribution in [3.8, 4) is 0 Å². The number of aliphatic hydroxyl groups is 1. The molecule has 1 saturated heterocycles. The third-order valence-corrected chi connectivity index (χ3v) is 2.09. The summed E-state index contributed by atoms with van der Waals surface area (Å²) in [4.78, 5) is 11.4. The molecule has 1 amide bonds. The number of nitrogens with one attached hydrogen (secondary N) is 2. The van der Waals surface area contributed by atoms with E-state index >= 15 is 0 Å². The maximum atomic E-state index is 11.4. The molecular formula is C8H16N2O2. The molecule has 3 N–H and O–H groups in total. The zero-order valence-electron chi connectivity index (χ0n) is 7.34. The summed E-state index contributed by atoms with van der Waals surface area (Å²) in [6.45, 7) is 3.49. The summed E-state index contributed by atoms with van der Waals surface area (Å²) in [5.74, 6) is 0.153. The van der Waals surface area contributed by atoms with E-state index in [4.69, 9.17) is 5.11 Å². The Balaban J connectivity index is 2.27. The van der Waals surface area contributed by atoms with Crippen molar-refractivity contribution in [2.24, 2.45) is 5.92 Å². The van der Waals surface area contributed by atoms with Crippen LogP contribution in [-0.2, 0) is 4.79 Å². The minimum absolute atomic E-state index is 0.00584. The molecule has 0 aromatic rings. The topological polar surface area (TPSA) is 61.4 Å². The van der Waals surface area contributed by atoms with Gasteiger partial charge in [-0.2, -0.15) is 0 Å². The van der Waals surface area contributed by atoms with Crippen LogP contribution in [0.15, 0.2) is 0 Å². The van der Waals surface area contributed by atoms with E-state index < -0.39 is 0 Å². The Labute approximate surface area is 72.3 Å². The highest BCUT2D eigenvalue weighted by Gasteiger charge is 2.22. The van der Waals surface area contributed by atoms with Gasteiger partial charge in [-0.05, 0) is 19.9 Å². The molecule has 2 atom stereocenters. The molecule has 0 bridgehead atoms. The van der Waals surface area contributed by atoms with Crippen LogP contribution < -0.4 is 10.6 Å². The largest absolute Gasteiger partial charge is 0.394 e. The van der Waals surface area contributed by atoms with E-state index in [2.05, 4.69) is 10.6 Å². The lowest BCUT2D eigenvalue weighted by molar-refractivity contribution is -0.125. The Hall–Kier alpha value is -0.610. The van der Waals surface area contributed by atoms with Gasteiger partial charge in [-0.15, -0.1) is 0 Å². The van der Waals surface area contributed by atoms with Crippen molar-refractivity contribution in [1.82, 2.24) is 10.6 Å². The average molecular weight is 172 g/mol. The van der Waals surface area contributed by atoms with E-state index in [1.54, 1.807) is 6.92 Å². The fourth-order valence-corrected chi connectivity index (χ4v) is 1.28. The Kier molecular flexibility index (Phi) is 3.49. The number of aliphatic hydroxyl groups excluding tert-OH is 1. The van der Waals surface area contributed by atoms with Crippen molar-refractivity contribution >= 4 is 5.91 Å². The van der Waals surface area contributed by atoms with E-state index in [-0.39, 0.29) is 24.5 Å². The molecule has 0 aromatic carbocycles. The third kappa shape index (κ3) is 2.46. The maximum Gasteiger partial charge on any atom is 0.224 e. The predicted octanol–water partition coefficient (Wildman–Crippen LogP) is -0.907. The number of amides is 1. The summed E-state index contributed by atoms with van der Waals surface area (Å²) in [5.41, 5.74) is 0. The number of rotatable bonds is 3. The Morgan fingerprint density at radius 2 is 2.58 bits per heavy atom. The normalized spacial score (nSPS) is 25.3. The molecule has 1 rings (SSSR count). The monoisotopic (exact) mass is 172 g/mol. The van der Waals surface area contributed by atoms with Crippen LogP contribution in [0, 0.1) is 5.92 Å². The van der Waals surface area contributed by atoms with E-state index in [1.807, 2.05) is 0 Å². The van der Waals surface area contributed by atoms with E-state index in [0.29, 0.717) is 0 Å². The highest BCUT2D eigenvalue weighted by molar-refractivity contribution is 5.79. The summed E-state index contributed by atoms with van der Waals surface area (Å²) < 4.78 is 0. The molecule has 0 aliphatic carbocycles. The summed E-state index contributed by atoms with van der Waals surface area (Å²) in [5, 5.41) is 14.6. The van der Waals surface area contributed by atoms with Crippen LogP contribution >= 0.6 is 0 Å². The standard InChI is InChI=1S/C8H16N2O2/c1-6(5-11)10-8(12)7-2-3-9-4-7/h6-7,9,11H,2-5H2,1H3,(H,10,12). The van der Waals surface area contributed by atoms with Gasteiger partial charge in [0, 0.05) is 12.6 Å². The van der Waals surface area contributed by atoms with E-state index in [9.17, 15) is 4.79 Å². The van der Waals surface area contributed by atoms with Crippen molar-refractivity contribution < 1.29 is 9.90 Å². The summed E-state index contributed by atoms with van der Waals surface area (Å²) in [6.07, 6.45) is 0.907. The van der Waals surface area contributed by atoms with Gasteiger partial charge in [0.05, 0.1) is 12.5 Å². The van der Waals surface area contributed by atoms with Crippen molar-refractivity contribution in [2.45, 2.75) is 19.4 Å². The van der Waals surface area contributed by atoms with Crippen LogP contribution in [0.4, 0.5) is 0 Å². The second kappa shape index (κ2) is 4.42. The van der Waals surface area contributed by atoms with Crippen LogP contribution in [0.25, 0.3) is 0 Å². The number of hydrogen-bond acceptors (Lipinski definition) is 3. The molecule has 1 aliphatic heterocycles. The Morgan fingerprint density at radius 3 is 3.08 bits per heavy atom. The average Bonchev–Trinajstić information content (AvgIpc) is 2.56. The molecule has 0 saturated carbocycles. The molecule has 70 valence electrons. The molecular weight excluding hydrogens is 156 g/mol. The second-order valence-corrected chi connectivity index (χ2v) is 3.28. The minimum Gasteiger partial charge on any atom is -0.394 e. The molecule has 1 heterocycles. The van der Waals surface area contributed by atoms with Crippen molar-refractivity contribution in [3.05, 3.63) is 0 Å². The zero-order valence-corrected chi connectivity index (χ0v) is 7.34. The highest BCUT2D eigenvalue weighted by Crippen LogP contribution is 2.07. The third-order valence-electron chi connectivity index (χ3n) is 2.09. The van der Waals surface area contributed by atoms with Gasteiger partial charge in [0.15, 0.2) is 0 Å². The first-order valence-corrected chi connectivity index (χ1v) is 4.36. The minimum atomic E-state index is -0.127. The van der Waals surface area contributed by atoms with Gasteiger partial charge in [0.2, 0.25) is 5.91 Å². The van der Waals surface area contributed by atoms with Crippen LogP contribution in [0.1, 0.15) is 13.3 Å². The summed E-state index contributed by atoms with van der Waals surface area (Å²) >= 11 is 0. The predicted molar refractivity (Wildman–Crippen MR) is 45.7 cm³/mol. The molecule has 4 heteroatoms. The lowest BCUT2D eigenvalue weighted by atomic mass is 10.1. The number of carbonyl (C=O) groups excluding carboxylic acids is 1. The SMILES string of the molecule is CC(CO)NC(=O)C1CCNC1. The van der Waals surface area contributed by atoms with Crippen molar-refractivity contribution in [1.29, 1.82) is 0 Å². The van der Waals surface area contributed by atoms with Crippen LogP contribution in [0.3, 0.4) is 0 Å².